The van der Waals surface area contributed by atoms with Gasteiger partial charge in [0, 0.05) is 48.7 Å². The number of carbonyl (C=O) groups is 2. The van der Waals surface area contributed by atoms with Gasteiger partial charge in [0.05, 0.1) is 5.02 Å². The normalized spacial score (nSPS) is 15.1. The maximum absolute atomic E-state index is 14.1. The summed E-state index contributed by atoms with van der Waals surface area (Å²) in [5.74, 6) is -0.751. The van der Waals surface area contributed by atoms with E-state index in [9.17, 15) is 14.0 Å². The summed E-state index contributed by atoms with van der Waals surface area (Å²) in [6.07, 6.45) is 2.21. The Morgan fingerprint density at radius 2 is 1.97 bits per heavy atom. The van der Waals surface area contributed by atoms with Crippen LogP contribution in [-0.4, -0.2) is 45.9 Å². The molecule has 3 heterocycles. The minimum Gasteiger partial charge on any atom is -0.354 e. The quantitative estimate of drug-likeness (QED) is 0.646. The molecule has 8 heteroatoms. The lowest BCUT2D eigenvalue weighted by molar-refractivity contribution is -0.120. The molecule has 162 valence electrons. The number of pyridine rings is 1. The molecule has 0 atom stereocenters. The number of rotatable bonds is 2. The van der Waals surface area contributed by atoms with E-state index in [1.165, 1.54) is 12.1 Å². The van der Waals surface area contributed by atoms with Crippen molar-refractivity contribution < 1.29 is 14.0 Å². The van der Waals surface area contributed by atoms with Crippen LogP contribution < -0.4 is 5.32 Å². The van der Waals surface area contributed by atoms with Gasteiger partial charge in [0.2, 0.25) is 5.91 Å². The number of fused-ring (bicyclic) bond motifs is 1. The smallest absolute Gasteiger partial charge is 0.272 e. The number of benzene rings is 1. The molecule has 1 aromatic carbocycles. The molecular formula is C23H24ClFN4O2. The van der Waals surface area contributed by atoms with Crippen molar-refractivity contribution in [1.29, 1.82) is 0 Å². The number of nitrogens with one attached hydrogen (secondary N) is 1. The van der Waals surface area contributed by atoms with Crippen molar-refractivity contribution >= 4 is 34.4 Å². The lowest BCUT2D eigenvalue weighted by Crippen LogP contribution is -2.34. The highest BCUT2D eigenvalue weighted by atomic mass is 35.5. The van der Waals surface area contributed by atoms with Crippen molar-refractivity contribution in [1.82, 2.24) is 19.8 Å². The van der Waals surface area contributed by atoms with Crippen molar-refractivity contribution in [2.75, 3.05) is 19.6 Å². The number of hydrogen-bond donors (Lipinski definition) is 1. The van der Waals surface area contributed by atoms with Gasteiger partial charge in [-0.2, -0.15) is 0 Å². The first-order chi connectivity index (χ1) is 14.6. The standard InChI is InChI=1S/C23H24ClFN4O2/c1-23(2,3)29-13-16(14-4-6-17(24)18(25)12-14)15-5-7-19(27-21(15)29)22(31)28-10-8-20(30)26-9-11-28/h4-7,12-13H,8-11H2,1-3H3,(H,26,30). The molecule has 0 spiro atoms. The van der Waals surface area contributed by atoms with E-state index in [0.717, 1.165) is 10.9 Å². The van der Waals surface area contributed by atoms with Gasteiger partial charge in [-0.15, -0.1) is 0 Å². The Morgan fingerprint density at radius 1 is 1.19 bits per heavy atom. The molecule has 1 aliphatic heterocycles. The summed E-state index contributed by atoms with van der Waals surface area (Å²) in [6.45, 7) is 7.36. The first-order valence-electron chi connectivity index (χ1n) is 10.2. The fourth-order valence-electron chi connectivity index (χ4n) is 3.76. The van der Waals surface area contributed by atoms with Crippen LogP contribution >= 0.6 is 11.6 Å². The average Bonchev–Trinajstić information content (AvgIpc) is 2.98. The molecule has 2 aromatic heterocycles. The zero-order valence-corrected chi connectivity index (χ0v) is 18.5. The molecule has 2 amide bonds. The van der Waals surface area contributed by atoms with E-state index in [0.29, 0.717) is 36.5 Å². The maximum atomic E-state index is 14.1. The van der Waals surface area contributed by atoms with Crippen LogP contribution in [0.25, 0.3) is 22.2 Å². The van der Waals surface area contributed by atoms with Crippen LogP contribution in [0.1, 0.15) is 37.7 Å². The van der Waals surface area contributed by atoms with Crippen LogP contribution in [0.5, 0.6) is 0 Å². The summed E-state index contributed by atoms with van der Waals surface area (Å²) in [6, 6.07) is 8.25. The van der Waals surface area contributed by atoms with Gasteiger partial charge in [0.1, 0.15) is 17.2 Å². The predicted octanol–water partition coefficient (Wildman–Crippen LogP) is 4.21. The Labute approximate surface area is 185 Å². The highest BCUT2D eigenvalue weighted by Gasteiger charge is 2.24. The number of halogens is 2. The van der Waals surface area contributed by atoms with Gasteiger partial charge in [-0.25, -0.2) is 9.37 Å². The SMILES string of the molecule is CC(C)(C)n1cc(-c2ccc(Cl)c(F)c2)c2ccc(C(=O)N3CCNC(=O)CC3)nc21. The van der Waals surface area contributed by atoms with E-state index < -0.39 is 5.82 Å². The minimum absolute atomic E-state index is 0.0554. The third kappa shape index (κ3) is 4.14. The number of nitrogens with zero attached hydrogens (tertiary/aromatic N) is 3. The van der Waals surface area contributed by atoms with Crippen molar-refractivity contribution in [2.24, 2.45) is 0 Å². The summed E-state index contributed by atoms with van der Waals surface area (Å²) in [7, 11) is 0. The summed E-state index contributed by atoms with van der Waals surface area (Å²) in [5.41, 5.74) is 2.16. The fraction of sp³-hybridized carbons (Fsp3) is 0.348. The number of carbonyl (C=O) groups excluding carboxylic acids is 2. The number of hydrogen-bond acceptors (Lipinski definition) is 3. The van der Waals surface area contributed by atoms with Crippen molar-refractivity contribution in [2.45, 2.75) is 32.7 Å². The Kier molecular flexibility index (Phi) is 5.47. The highest BCUT2D eigenvalue weighted by molar-refractivity contribution is 6.30. The molecule has 0 bridgehead atoms. The molecule has 0 unspecified atom stereocenters. The lowest BCUT2D eigenvalue weighted by Gasteiger charge is -2.23. The van der Waals surface area contributed by atoms with E-state index in [1.54, 1.807) is 17.0 Å². The molecule has 1 aliphatic rings. The molecule has 3 aromatic rings. The second-order valence-electron chi connectivity index (χ2n) is 8.67. The van der Waals surface area contributed by atoms with Gasteiger partial charge in [-0.1, -0.05) is 17.7 Å². The van der Waals surface area contributed by atoms with Gasteiger partial charge in [-0.05, 0) is 50.6 Å². The summed E-state index contributed by atoms with van der Waals surface area (Å²) in [5, 5.41) is 3.66. The molecule has 0 aliphatic carbocycles. The molecule has 31 heavy (non-hydrogen) atoms. The Hall–Kier alpha value is -2.93. The first kappa shape index (κ1) is 21.3. The van der Waals surface area contributed by atoms with Crippen LogP contribution in [0.2, 0.25) is 5.02 Å². The van der Waals surface area contributed by atoms with E-state index in [2.05, 4.69) is 5.32 Å². The monoisotopic (exact) mass is 442 g/mol. The largest absolute Gasteiger partial charge is 0.354 e. The Balaban J connectivity index is 1.80. The summed E-state index contributed by atoms with van der Waals surface area (Å²) < 4.78 is 16.1. The van der Waals surface area contributed by atoms with Gasteiger partial charge < -0.3 is 14.8 Å². The van der Waals surface area contributed by atoms with E-state index in [-0.39, 0.29) is 28.8 Å². The first-order valence-corrected chi connectivity index (χ1v) is 10.6. The molecule has 1 N–H and O–H groups in total. The third-order valence-electron chi connectivity index (χ3n) is 5.42. The van der Waals surface area contributed by atoms with Gasteiger partial charge in [0.15, 0.2) is 0 Å². The van der Waals surface area contributed by atoms with Crippen LogP contribution in [0.4, 0.5) is 4.39 Å². The molecule has 0 radical (unpaired) electrons. The zero-order valence-electron chi connectivity index (χ0n) is 17.7. The predicted molar refractivity (Wildman–Crippen MR) is 119 cm³/mol. The number of amides is 2. The molecule has 6 nitrogen and oxygen atoms in total. The van der Waals surface area contributed by atoms with Crippen LogP contribution in [-0.2, 0) is 10.3 Å². The number of aromatic nitrogens is 2. The topological polar surface area (TPSA) is 67.2 Å². The minimum atomic E-state index is -0.486. The third-order valence-corrected chi connectivity index (χ3v) is 5.73. The van der Waals surface area contributed by atoms with E-state index in [4.69, 9.17) is 16.6 Å². The van der Waals surface area contributed by atoms with Crippen molar-refractivity contribution in [3.8, 4) is 11.1 Å². The lowest BCUT2D eigenvalue weighted by atomic mass is 10.1. The molecule has 4 rings (SSSR count). The van der Waals surface area contributed by atoms with Gasteiger partial charge >= 0.3 is 0 Å². The van der Waals surface area contributed by atoms with E-state index >= 15 is 0 Å². The van der Waals surface area contributed by atoms with Gasteiger partial charge in [-0.3, -0.25) is 9.59 Å². The van der Waals surface area contributed by atoms with Crippen molar-refractivity contribution in [3.05, 3.63) is 53.1 Å². The van der Waals surface area contributed by atoms with Crippen LogP contribution in [0.3, 0.4) is 0 Å². The Bertz CT molecular complexity index is 1180. The average molecular weight is 443 g/mol. The van der Waals surface area contributed by atoms with Crippen LogP contribution in [0, 0.1) is 5.82 Å². The molecular weight excluding hydrogens is 419 g/mol. The molecule has 1 saturated heterocycles. The summed E-state index contributed by atoms with van der Waals surface area (Å²) in [4.78, 5) is 31.0. The highest BCUT2D eigenvalue weighted by Crippen LogP contribution is 2.34. The second kappa shape index (κ2) is 7.96. The van der Waals surface area contributed by atoms with Gasteiger partial charge in [0.25, 0.3) is 5.91 Å². The second-order valence-corrected chi connectivity index (χ2v) is 9.08. The molecule has 0 saturated carbocycles. The van der Waals surface area contributed by atoms with Crippen LogP contribution in [0.15, 0.2) is 36.5 Å². The Morgan fingerprint density at radius 3 is 2.68 bits per heavy atom. The summed E-state index contributed by atoms with van der Waals surface area (Å²) >= 11 is 5.85. The molecule has 1 fully saturated rings. The maximum Gasteiger partial charge on any atom is 0.272 e. The fourth-order valence-corrected chi connectivity index (χ4v) is 3.88. The zero-order chi connectivity index (χ0) is 22.3. The van der Waals surface area contributed by atoms with Crippen molar-refractivity contribution in [3.63, 3.8) is 0 Å². The van der Waals surface area contributed by atoms with E-state index in [1.807, 2.05) is 37.6 Å².